The molecule has 114 valence electrons. The minimum atomic E-state index is -1.40. The molecule has 21 heavy (non-hydrogen) atoms. The Bertz CT molecular complexity index is 543. The third-order valence-corrected chi connectivity index (χ3v) is 3.99. The molecule has 2 rings (SSSR count). The monoisotopic (exact) mass is 291 g/mol. The second kappa shape index (κ2) is 6.26. The van der Waals surface area contributed by atoms with Gasteiger partial charge in [0.05, 0.1) is 12.5 Å². The molecule has 1 aromatic carbocycles. The van der Waals surface area contributed by atoms with Crippen LogP contribution in [0.25, 0.3) is 0 Å². The van der Waals surface area contributed by atoms with Gasteiger partial charge in [0.25, 0.3) is 0 Å². The molecule has 0 spiro atoms. The molecule has 1 aliphatic rings. The van der Waals surface area contributed by atoms with E-state index in [4.69, 9.17) is 4.74 Å². The molecule has 0 heterocycles. The van der Waals surface area contributed by atoms with Gasteiger partial charge in [-0.25, -0.2) is 4.79 Å². The number of benzene rings is 1. The third-order valence-electron chi connectivity index (χ3n) is 3.99. The summed E-state index contributed by atoms with van der Waals surface area (Å²) in [5, 5.41) is 12.0. The summed E-state index contributed by atoms with van der Waals surface area (Å²) < 4.78 is 4.93. The SMILES string of the molecule is COCC(C)(NC(=O)C1CCCc2ccccc21)C(=O)O. The Morgan fingerprint density at radius 1 is 1.43 bits per heavy atom. The summed E-state index contributed by atoms with van der Waals surface area (Å²) in [4.78, 5) is 23.9. The number of aryl methyl sites for hydroxylation is 1. The number of carboxylic acids is 1. The third kappa shape index (κ3) is 3.24. The lowest BCUT2D eigenvalue weighted by Crippen LogP contribution is -2.56. The number of rotatable bonds is 5. The molecule has 5 heteroatoms. The smallest absolute Gasteiger partial charge is 0.331 e. The zero-order valence-electron chi connectivity index (χ0n) is 12.4. The van der Waals surface area contributed by atoms with Crippen LogP contribution in [0.5, 0.6) is 0 Å². The predicted molar refractivity (Wildman–Crippen MR) is 78.2 cm³/mol. The van der Waals surface area contributed by atoms with Crippen molar-refractivity contribution in [2.75, 3.05) is 13.7 Å². The van der Waals surface area contributed by atoms with E-state index in [1.807, 2.05) is 24.3 Å². The van der Waals surface area contributed by atoms with Gasteiger partial charge in [-0.3, -0.25) is 4.79 Å². The van der Waals surface area contributed by atoms with Crippen molar-refractivity contribution in [3.63, 3.8) is 0 Å². The molecule has 0 saturated carbocycles. The average Bonchev–Trinajstić information content (AvgIpc) is 2.46. The number of carboxylic acid groups (broad SMARTS) is 1. The summed E-state index contributed by atoms with van der Waals surface area (Å²) in [6.07, 6.45) is 2.64. The number of methoxy groups -OCH3 is 1. The Kier molecular flexibility index (Phi) is 4.63. The van der Waals surface area contributed by atoms with E-state index in [0.717, 1.165) is 24.8 Å². The Balaban J connectivity index is 2.20. The van der Waals surface area contributed by atoms with Gasteiger partial charge in [0.1, 0.15) is 0 Å². The van der Waals surface area contributed by atoms with Gasteiger partial charge in [0.15, 0.2) is 5.54 Å². The maximum atomic E-state index is 12.5. The van der Waals surface area contributed by atoms with E-state index in [2.05, 4.69) is 5.32 Å². The molecule has 5 nitrogen and oxygen atoms in total. The highest BCUT2D eigenvalue weighted by molar-refractivity contribution is 5.90. The number of amides is 1. The molecule has 1 aliphatic carbocycles. The van der Waals surface area contributed by atoms with Gasteiger partial charge in [-0.05, 0) is 37.3 Å². The molecule has 0 aromatic heterocycles. The number of carbonyl (C=O) groups excluding carboxylic acids is 1. The second-order valence-corrected chi connectivity index (χ2v) is 5.70. The summed E-state index contributed by atoms with van der Waals surface area (Å²) in [6, 6.07) is 7.86. The van der Waals surface area contributed by atoms with Crippen LogP contribution in [-0.2, 0) is 20.7 Å². The van der Waals surface area contributed by atoms with Crippen LogP contribution in [0.1, 0.15) is 36.8 Å². The highest BCUT2D eigenvalue weighted by Crippen LogP contribution is 2.32. The molecule has 2 N–H and O–H groups in total. The molecular weight excluding hydrogens is 270 g/mol. The highest BCUT2D eigenvalue weighted by atomic mass is 16.5. The van der Waals surface area contributed by atoms with Crippen molar-refractivity contribution in [3.05, 3.63) is 35.4 Å². The van der Waals surface area contributed by atoms with Crippen LogP contribution in [0, 0.1) is 0 Å². The average molecular weight is 291 g/mol. The molecule has 0 saturated heterocycles. The molecule has 0 radical (unpaired) electrons. The first kappa shape index (κ1) is 15.5. The largest absolute Gasteiger partial charge is 0.479 e. The number of fused-ring (bicyclic) bond motifs is 1. The van der Waals surface area contributed by atoms with E-state index in [1.54, 1.807) is 0 Å². The first-order valence-electron chi connectivity index (χ1n) is 7.10. The molecule has 0 aliphatic heterocycles. The van der Waals surface area contributed by atoms with E-state index < -0.39 is 11.5 Å². The predicted octanol–water partition coefficient (Wildman–Crippen LogP) is 1.71. The maximum absolute atomic E-state index is 12.5. The van der Waals surface area contributed by atoms with E-state index in [-0.39, 0.29) is 18.4 Å². The minimum absolute atomic E-state index is 0.0670. The van der Waals surface area contributed by atoms with Crippen LogP contribution in [0.3, 0.4) is 0 Å². The number of hydrogen-bond donors (Lipinski definition) is 2. The fourth-order valence-electron chi connectivity index (χ4n) is 2.83. The Hall–Kier alpha value is -1.88. The minimum Gasteiger partial charge on any atom is -0.479 e. The number of aliphatic carboxylic acids is 1. The van der Waals surface area contributed by atoms with Crippen molar-refractivity contribution < 1.29 is 19.4 Å². The topological polar surface area (TPSA) is 75.6 Å². The standard InChI is InChI=1S/C16H21NO4/c1-16(10-21-2,15(19)20)17-14(18)13-9-5-7-11-6-3-4-8-12(11)13/h3-4,6,8,13H,5,7,9-10H2,1-2H3,(H,17,18)(H,19,20). The van der Waals surface area contributed by atoms with Crippen LogP contribution in [0.2, 0.25) is 0 Å². The van der Waals surface area contributed by atoms with Crippen molar-refractivity contribution in [2.45, 2.75) is 37.6 Å². The van der Waals surface area contributed by atoms with Gasteiger partial charge in [-0.1, -0.05) is 24.3 Å². The van der Waals surface area contributed by atoms with Gasteiger partial charge in [-0.2, -0.15) is 0 Å². The van der Waals surface area contributed by atoms with Crippen LogP contribution in [0.4, 0.5) is 0 Å². The molecule has 1 amide bonds. The molecular formula is C16H21NO4. The molecule has 2 unspecified atom stereocenters. The zero-order chi connectivity index (χ0) is 15.5. The lowest BCUT2D eigenvalue weighted by molar-refractivity contribution is -0.149. The van der Waals surface area contributed by atoms with Crippen LogP contribution >= 0.6 is 0 Å². The summed E-state index contributed by atoms with van der Waals surface area (Å²) in [6.45, 7) is 1.40. The Morgan fingerprint density at radius 2 is 2.14 bits per heavy atom. The van der Waals surface area contributed by atoms with Crippen molar-refractivity contribution in [1.82, 2.24) is 5.32 Å². The van der Waals surface area contributed by atoms with Crippen molar-refractivity contribution in [1.29, 1.82) is 0 Å². The number of nitrogens with one attached hydrogen (secondary N) is 1. The number of carbonyl (C=O) groups is 2. The van der Waals surface area contributed by atoms with Gasteiger partial charge in [0, 0.05) is 7.11 Å². The number of hydrogen-bond acceptors (Lipinski definition) is 3. The fourth-order valence-corrected chi connectivity index (χ4v) is 2.83. The fraction of sp³-hybridized carbons (Fsp3) is 0.500. The van der Waals surface area contributed by atoms with E-state index in [9.17, 15) is 14.7 Å². The first-order valence-corrected chi connectivity index (χ1v) is 7.10. The molecule has 2 atom stereocenters. The van der Waals surface area contributed by atoms with Crippen LogP contribution in [0.15, 0.2) is 24.3 Å². The summed E-state index contributed by atoms with van der Waals surface area (Å²) in [5.74, 6) is -1.63. The van der Waals surface area contributed by atoms with E-state index in [1.165, 1.54) is 19.6 Å². The Morgan fingerprint density at radius 3 is 2.81 bits per heavy atom. The van der Waals surface area contributed by atoms with Gasteiger partial charge in [-0.15, -0.1) is 0 Å². The highest BCUT2D eigenvalue weighted by Gasteiger charge is 2.38. The van der Waals surface area contributed by atoms with Crippen molar-refractivity contribution in [3.8, 4) is 0 Å². The summed E-state index contributed by atoms with van der Waals surface area (Å²) >= 11 is 0. The quantitative estimate of drug-likeness (QED) is 0.866. The number of ether oxygens (including phenoxy) is 1. The second-order valence-electron chi connectivity index (χ2n) is 5.70. The van der Waals surface area contributed by atoms with Gasteiger partial charge >= 0.3 is 5.97 Å². The molecule has 1 aromatic rings. The maximum Gasteiger partial charge on any atom is 0.331 e. The first-order chi connectivity index (χ1) is 9.98. The van der Waals surface area contributed by atoms with Crippen LogP contribution in [-0.4, -0.2) is 36.2 Å². The van der Waals surface area contributed by atoms with Crippen LogP contribution < -0.4 is 5.32 Å². The van der Waals surface area contributed by atoms with Crippen molar-refractivity contribution >= 4 is 11.9 Å². The molecule has 0 fully saturated rings. The lowest BCUT2D eigenvalue weighted by Gasteiger charge is -2.30. The molecule has 0 bridgehead atoms. The van der Waals surface area contributed by atoms with Gasteiger partial charge < -0.3 is 15.2 Å². The summed E-state index contributed by atoms with van der Waals surface area (Å²) in [5.41, 5.74) is 0.775. The summed E-state index contributed by atoms with van der Waals surface area (Å²) in [7, 11) is 1.42. The van der Waals surface area contributed by atoms with Crippen molar-refractivity contribution in [2.24, 2.45) is 0 Å². The normalized spacial score (nSPS) is 20.2. The lowest BCUT2D eigenvalue weighted by atomic mass is 9.82. The van der Waals surface area contributed by atoms with E-state index >= 15 is 0 Å². The van der Waals surface area contributed by atoms with E-state index in [0.29, 0.717) is 0 Å². The van der Waals surface area contributed by atoms with Gasteiger partial charge in [0.2, 0.25) is 5.91 Å². The Labute approximate surface area is 124 Å². The zero-order valence-corrected chi connectivity index (χ0v) is 12.4.